The number of methoxy groups -OCH3 is 1. The molecule has 1 aliphatic heterocycles. The number of hydrogen-bond acceptors (Lipinski definition) is 4. The second-order valence-electron chi connectivity index (χ2n) is 6.56. The Kier molecular flexibility index (Phi) is 4.70. The zero-order chi connectivity index (χ0) is 15.5. The van der Waals surface area contributed by atoms with Crippen LogP contribution in [0.3, 0.4) is 0 Å². The predicted molar refractivity (Wildman–Crippen MR) is 83.6 cm³/mol. The van der Waals surface area contributed by atoms with E-state index < -0.39 is 0 Å². The maximum Gasteiger partial charge on any atom is 0.225 e. The first-order chi connectivity index (χ1) is 9.89. The van der Waals surface area contributed by atoms with Crippen LogP contribution < -0.4 is 15.0 Å². The monoisotopic (exact) mass is 291 g/mol. The third-order valence-electron chi connectivity index (χ3n) is 3.53. The van der Waals surface area contributed by atoms with Crippen LogP contribution in [-0.4, -0.2) is 36.6 Å². The first-order valence-corrected chi connectivity index (χ1v) is 7.47. The number of carbonyl (C=O) groups excluding carboxylic acids is 1. The maximum atomic E-state index is 12.3. The molecule has 5 heteroatoms. The van der Waals surface area contributed by atoms with Crippen LogP contribution in [-0.2, 0) is 4.79 Å². The molecule has 1 aromatic heterocycles. The molecule has 0 saturated carbocycles. The molecule has 1 amide bonds. The second-order valence-corrected chi connectivity index (χ2v) is 6.56. The minimum atomic E-state index is -0.187. The minimum absolute atomic E-state index is 0.0194. The van der Waals surface area contributed by atoms with E-state index in [1.807, 2.05) is 39.0 Å². The summed E-state index contributed by atoms with van der Waals surface area (Å²) in [5.74, 6) is 1.64. The van der Waals surface area contributed by atoms with Crippen LogP contribution in [0.5, 0.6) is 5.88 Å². The van der Waals surface area contributed by atoms with E-state index in [0.717, 1.165) is 25.2 Å². The van der Waals surface area contributed by atoms with Gasteiger partial charge in [0.15, 0.2) is 0 Å². The highest BCUT2D eigenvalue weighted by molar-refractivity contribution is 5.80. The van der Waals surface area contributed by atoms with Gasteiger partial charge in [0.2, 0.25) is 11.8 Å². The molecule has 0 bridgehead atoms. The van der Waals surface area contributed by atoms with Crippen molar-refractivity contribution in [2.24, 2.45) is 5.92 Å². The molecular formula is C16H25N3O2. The molecule has 2 heterocycles. The fourth-order valence-electron chi connectivity index (χ4n) is 2.56. The van der Waals surface area contributed by atoms with Gasteiger partial charge in [0.05, 0.1) is 13.0 Å². The minimum Gasteiger partial charge on any atom is -0.481 e. The first-order valence-electron chi connectivity index (χ1n) is 7.47. The Morgan fingerprint density at radius 1 is 1.43 bits per heavy atom. The fraction of sp³-hybridized carbons (Fsp3) is 0.625. The van der Waals surface area contributed by atoms with Crippen LogP contribution in [0.2, 0.25) is 0 Å². The van der Waals surface area contributed by atoms with Gasteiger partial charge in [-0.25, -0.2) is 0 Å². The van der Waals surface area contributed by atoms with Crippen molar-refractivity contribution in [1.29, 1.82) is 0 Å². The second kappa shape index (κ2) is 6.33. The Hall–Kier alpha value is -1.78. The van der Waals surface area contributed by atoms with Crippen molar-refractivity contribution >= 4 is 11.7 Å². The Morgan fingerprint density at radius 2 is 2.19 bits per heavy atom. The summed E-state index contributed by atoms with van der Waals surface area (Å²) < 4.78 is 5.17. The largest absolute Gasteiger partial charge is 0.481 e. The summed E-state index contributed by atoms with van der Waals surface area (Å²) in [6, 6.07) is 5.73. The lowest BCUT2D eigenvalue weighted by Crippen LogP contribution is -2.48. The number of rotatable bonds is 3. The van der Waals surface area contributed by atoms with Crippen molar-refractivity contribution in [3.8, 4) is 5.88 Å². The van der Waals surface area contributed by atoms with Crippen molar-refractivity contribution in [2.75, 3.05) is 25.1 Å². The van der Waals surface area contributed by atoms with E-state index in [2.05, 4.69) is 15.2 Å². The normalized spacial score (nSPS) is 19.2. The van der Waals surface area contributed by atoms with Gasteiger partial charge in [-0.15, -0.1) is 0 Å². The summed E-state index contributed by atoms with van der Waals surface area (Å²) in [4.78, 5) is 19.0. The van der Waals surface area contributed by atoms with Gasteiger partial charge in [0, 0.05) is 24.7 Å². The summed E-state index contributed by atoms with van der Waals surface area (Å²) in [7, 11) is 1.61. The molecule has 21 heavy (non-hydrogen) atoms. The van der Waals surface area contributed by atoms with Gasteiger partial charge >= 0.3 is 0 Å². The molecule has 1 aliphatic rings. The molecule has 0 spiro atoms. The molecule has 1 unspecified atom stereocenters. The molecule has 1 N–H and O–H groups in total. The van der Waals surface area contributed by atoms with Crippen LogP contribution in [0.15, 0.2) is 18.2 Å². The topological polar surface area (TPSA) is 54.5 Å². The molecule has 1 saturated heterocycles. The van der Waals surface area contributed by atoms with Gasteiger partial charge in [-0.05, 0) is 39.7 Å². The van der Waals surface area contributed by atoms with Crippen molar-refractivity contribution in [3.63, 3.8) is 0 Å². The van der Waals surface area contributed by atoms with Crippen LogP contribution in [0.25, 0.3) is 0 Å². The van der Waals surface area contributed by atoms with Crippen molar-refractivity contribution in [3.05, 3.63) is 18.2 Å². The summed E-state index contributed by atoms with van der Waals surface area (Å²) in [6.07, 6.45) is 1.93. The Morgan fingerprint density at radius 3 is 2.86 bits per heavy atom. The predicted octanol–water partition coefficient (Wildman–Crippen LogP) is 2.22. The summed E-state index contributed by atoms with van der Waals surface area (Å²) in [6.45, 7) is 7.67. The number of ether oxygens (including phenoxy) is 1. The Balaban J connectivity index is 2.04. The molecule has 0 aromatic carbocycles. The molecule has 0 radical (unpaired) electrons. The lowest BCUT2D eigenvalue weighted by molar-refractivity contribution is -0.126. The van der Waals surface area contributed by atoms with E-state index in [0.29, 0.717) is 12.4 Å². The lowest BCUT2D eigenvalue weighted by Gasteiger charge is -2.34. The summed E-state index contributed by atoms with van der Waals surface area (Å²) >= 11 is 0. The number of aromatic nitrogens is 1. The molecule has 116 valence electrons. The number of nitrogens with zero attached hydrogens (tertiary/aromatic N) is 2. The van der Waals surface area contributed by atoms with E-state index in [4.69, 9.17) is 4.74 Å². The van der Waals surface area contributed by atoms with Gasteiger partial charge in [0.1, 0.15) is 5.82 Å². The molecular weight excluding hydrogens is 266 g/mol. The van der Waals surface area contributed by atoms with Crippen molar-refractivity contribution in [2.45, 2.75) is 39.2 Å². The molecule has 0 aliphatic carbocycles. The average Bonchev–Trinajstić information content (AvgIpc) is 2.46. The molecule has 1 fully saturated rings. The Labute approximate surface area is 126 Å². The number of nitrogens with one attached hydrogen (secondary N) is 1. The van der Waals surface area contributed by atoms with Gasteiger partial charge in [-0.1, -0.05) is 6.07 Å². The van der Waals surface area contributed by atoms with E-state index in [1.165, 1.54) is 0 Å². The van der Waals surface area contributed by atoms with Crippen LogP contribution in [0, 0.1) is 5.92 Å². The number of anilines is 1. The number of hydrogen-bond donors (Lipinski definition) is 1. The SMILES string of the molecule is COc1cccc(N2CCCC(C(=O)NC(C)(C)C)C2)n1. The zero-order valence-electron chi connectivity index (χ0n) is 13.3. The summed E-state index contributed by atoms with van der Waals surface area (Å²) in [5, 5.41) is 3.07. The highest BCUT2D eigenvalue weighted by Gasteiger charge is 2.28. The quantitative estimate of drug-likeness (QED) is 0.928. The van der Waals surface area contributed by atoms with E-state index in [9.17, 15) is 4.79 Å². The maximum absolute atomic E-state index is 12.3. The number of amides is 1. The van der Waals surface area contributed by atoms with Crippen LogP contribution in [0.1, 0.15) is 33.6 Å². The number of carbonyl (C=O) groups is 1. The fourth-order valence-corrected chi connectivity index (χ4v) is 2.56. The average molecular weight is 291 g/mol. The number of piperidine rings is 1. The van der Waals surface area contributed by atoms with Crippen molar-refractivity contribution in [1.82, 2.24) is 10.3 Å². The van der Waals surface area contributed by atoms with Gasteiger partial charge in [-0.2, -0.15) is 4.98 Å². The molecule has 5 nitrogen and oxygen atoms in total. The van der Waals surface area contributed by atoms with Crippen molar-refractivity contribution < 1.29 is 9.53 Å². The van der Waals surface area contributed by atoms with E-state index in [-0.39, 0.29) is 17.4 Å². The summed E-state index contributed by atoms with van der Waals surface area (Å²) in [5.41, 5.74) is -0.187. The third kappa shape index (κ3) is 4.34. The van der Waals surface area contributed by atoms with Gasteiger partial charge in [0.25, 0.3) is 0 Å². The smallest absolute Gasteiger partial charge is 0.225 e. The lowest BCUT2D eigenvalue weighted by atomic mass is 9.95. The highest BCUT2D eigenvalue weighted by Crippen LogP contribution is 2.23. The molecule has 1 atom stereocenters. The molecule has 1 aromatic rings. The van der Waals surface area contributed by atoms with Gasteiger partial charge < -0.3 is 15.0 Å². The first kappa shape index (κ1) is 15.6. The highest BCUT2D eigenvalue weighted by atomic mass is 16.5. The van der Waals surface area contributed by atoms with E-state index in [1.54, 1.807) is 7.11 Å². The van der Waals surface area contributed by atoms with Gasteiger partial charge in [-0.3, -0.25) is 4.79 Å². The standard InChI is InChI=1S/C16H25N3O2/c1-16(2,3)18-15(20)12-7-6-10-19(11-12)13-8-5-9-14(17-13)21-4/h5,8-9,12H,6-7,10-11H2,1-4H3,(H,18,20). The molecule has 2 rings (SSSR count). The van der Waals surface area contributed by atoms with Crippen LogP contribution in [0.4, 0.5) is 5.82 Å². The number of pyridine rings is 1. The third-order valence-corrected chi connectivity index (χ3v) is 3.53. The Bertz CT molecular complexity index is 497. The van der Waals surface area contributed by atoms with Crippen LogP contribution >= 0.6 is 0 Å². The zero-order valence-corrected chi connectivity index (χ0v) is 13.3. The van der Waals surface area contributed by atoms with E-state index >= 15 is 0 Å².